The van der Waals surface area contributed by atoms with E-state index in [2.05, 4.69) is 0 Å². The van der Waals surface area contributed by atoms with Gasteiger partial charge in [0.2, 0.25) is 11.8 Å². The summed E-state index contributed by atoms with van der Waals surface area (Å²) in [5.74, 6) is -2.93. The molecule has 0 spiro atoms. The smallest absolute Gasteiger partial charge is 0.248 e. The molecule has 0 unspecified atom stereocenters. The Bertz CT molecular complexity index is 535. The fourth-order valence-electron chi connectivity index (χ4n) is 3.21. The molecule has 0 aromatic heterocycles. The summed E-state index contributed by atoms with van der Waals surface area (Å²) < 4.78 is 26.4. The van der Waals surface area contributed by atoms with E-state index in [1.54, 1.807) is 11.0 Å². The van der Waals surface area contributed by atoms with E-state index in [4.69, 9.17) is 5.73 Å². The average molecular weight is 280 g/mol. The monoisotopic (exact) mass is 280 g/mol. The van der Waals surface area contributed by atoms with Crippen LogP contribution in [0.2, 0.25) is 0 Å². The van der Waals surface area contributed by atoms with Crippen molar-refractivity contribution >= 4 is 17.3 Å². The van der Waals surface area contributed by atoms with Crippen LogP contribution < -0.4 is 10.6 Å². The number of nitrogens with zero attached hydrogens (tertiary/aromatic N) is 1. The van der Waals surface area contributed by atoms with Crippen molar-refractivity contribution in [2.24, 2.45) is 5.92 Å². The van der Waals surface area contributed by atoms with Gasteiger partial charge >= 0.3 is 0 Å². The normalized spacial score (nSPS) is 21.8. The minimum atomic E-state index is -2.60. The number of hydrogen-bond donors (Lipinski definition) is 1. The molecule has 0 bridgehead atoms. The number of carbonyl (C=O) groups excluding carboxylic acids is 1. The Morgan fingerprint density at radius 1 is 1.30 bits per heavy atom. The number of carbonyl (C=O) groups is 1. The molecule has 108 valence electrons. The first kappa shape index (κ1) is 13.3. The highest BCUT2D eigenvalue weighted by atomic mass is 19.3. The third-order valence-electron chi connectivity index (χ3n) is 4.36. The number of benzene rings is 1. The summed E-state index contributed by atoms with van der Waals surface area (Å²) in [5, 5.41) is 0. The Hall–Kier alpha value is -1.65. The predicted octanol–water partition coefficient (Wildman–Crippen LogP) is 2.98. The molecule has 1 amide bonds. The third kappa shape index (κ3) is 2.25. The Balaban J connectivity index is 1.78. The van der Waals surface area contributed by atoms with Crippen molar-refractivity contribution in [2.45, 2.75) is 38.0 Å². The molecule has 2 N–H and O–H groups in total. The second kappa shape index (κ2) is 4.72. The number of rotatable bonds is 1. The second-order valence-electron chi connectivity index (χ2n) is 5.73. The van der Waals surface area contributed by atoms with Gasteiger partial charge in [0.1, 0.15) is 0 Å². The zero-order valence-electron chi connectivity index (χ0n) is 11.2. The van der Waals surface area contributed by atoms with Crippen LogP contribution in [0.1, 0.15) is 31.2 Å². The van der Waals surface area contributed by atoms with E-state index in [9.17, 15) is 13.6 Å². The van der Waals surface area contributed by atoms with E-state index in [1.165, 1.54) is 0 Å². The first-order valence-electron chi connectivity index (χ1n) is 7.04. The summed E-state index contributed by atoms with van der Waals surface area (Å²) in [4.78, 5) is 14.2. The molecule has 3 nitrogen and oxygen atoms in total. The lowest BCUT2D eigenvalue weighted by Crippen LogP contribution is -2.38. The number of alkyl halides is 2. The first-order valence-corrected chi connectivity index (χ1v) is 7.04. The van der Waals surface area contributed by atoms with Crippen LogP contribution >= 0.6 is 0 Å². The summed E-state index contributed by atoms with van der Waals surface area (Å²) in [7, 11) is 0. The number of hydrogen-bond acceptors (Lipinski definition) is 2. The molecule has 1 aromatic rings. The van der Waals surface area contributed by atoms with Crippen molar-refractivity contribution in [3.05, 3.63) is 23.8 Å². The summed E-state index contributed by atoms with van der Waals surface area (Å²) in [6, 6.07) is 5.62. The maximum atomic E-state index is 13.2. The fourth-order valence-corrected chi connectivity index (χ4v) is 3.21. The zero-order valence-corrected chi connectivity index (χ0v) is 11.2. The van der Waals surface area contributed by atoms with Gasteiger partial charge in [-0.25, -0.2) is 8.78 Å². The number of nitrogens with two attached hydrogens (primary N) is 1. The topological polar surface area (TPSA) is 46.3 Å². The molecule has 1 heterocycles. The van der Waals surface area contributed by atoms with Gasteiger partial charge in [0, 0.05) is 25.3 Å². The van der Waals surface area contributed by atoms with Gasteiger partial charge in [-0.05, 0) is 30.9 Å². The minimum Gasteiger partial charge on any atom is -0.397 e. The van der Waals surface area contributed by atoms with Gasteiger partial charge in [0.05, 0.1) is 11.4 Å². The van der Waals surface area contributed by atoms with Gasteiger partial charge in [-0.2, -0.15) is 0 Å². The SMILES string of the molecule is Nc1cccc2c1N(C(=O)C1CCC(F)(F)CC1)CC2. The van der Waals surface area contributed by atoms with E-state index in [1.807, 2.05) is 12.1 Å². The zero-order chi connectivity index (χ0) is 14.3. The van der Waals surface area contributed by atoms with E-state index in [-0.39, 0.29) is 37.5 Å². The van der Waals surface area contributed by atoms with Crippen molar-refractivity contribution in [2.75, 3.05) is 17.2 Å². The lowest BCUT2D eigenvalue weighted by molar-refractivity contribution is -0.126. The van der Waals surface area contributed by atoms with E-state index in [0.717, 1.165) is 17.7 Å². The largest absolute Gasteiger partial charge is 0.397 e. The molecule has 20 heavy (non-hydrogen) atoms. The van der Waals surface area contributed by atoms with Gasteiger partial charge in [-0.15, -0.1) is 0 Å². The maximum Gasteiger partial charge on any atom is 0.248 e. The highest BCUT2D eigenvalue weighted by molar-refractivity contribution is 6.00. The minimum absolute atomic E-state index is 0.0443. The number of nitrogen functional groups attached to an aromatic ring is 1. The van der Waals surface area contributed by atoms with Gasteiger partial charge in [-0.1, -0.05) is 12.1 Å². The van der Waals surface area contributed by atoms with Crippen LogP contribution in [-0.2, 0) is 11.2 Å². The van der Waals surface area contributed by atoms with Gasteiger partial charge in [0.25, 0.3) is 0 Å². The molecule has 1 fully saturated rings. The Morgan fingerprint density at radius 3 is 2.70 bits per heavy atom. The molecule has 1 aliphatic carbocycles. The van der Waals surface area contributed by atoms with Gasteiger partial charge < -0.3 is 10.6 Å². The molecule has 0 radical (unpaired) electrons. The van der Waals surface area contributed by atoms with Crippen molar-refractivity contribution in [3.8, 4) is 0 Å². The molecule has 5 heteroatoms. The Labute approximate surface area is 116 Å². The van der Waals surface area contributed by atoms with Crippen LogP contribution in [0.3, 0.4) is 0 Å². The molecule has 1 saturated carbocycles. The van der Waals surface area contributed by atoms with Gasteiger partial charge in [-0.3, -0.25) is 4.79 Å². The highest BCUT2D eigenvalue weighted by Gasteiger charge is 2.40. The molecule has 0 saturated heterocycles. The van der Waals surface area contributed by atoms with E-state index < -0.39 is 5.92 Å². The average Bonchev–Trinajstić information content (AvgIpc) is 2.83. The van der Waals surface area contributed by atoms with Gasteiger partial charge in [0.15, 0.2) is 0 Å². The van der Waals surface area contributed by atoms with Crippen molar-refractivity contribution in [1.82, 2.24) is 0 Å². The molecular weight excluding hydrogens is 262 g/mol. The summed E-state index contributed by atoms with van der Waals surface area (Å²) in [6.07, 6.45) is 0.951. The summed E-state index contributed by atoms with van der Waals surface area (Å²) in [6.45, 7) is 0.606. The predicted molar refractivity (Wildman–Crippen MR) is 73.8 cm³/mol. The number of halogens is 2. The number of anilines is 2. The van der Waals surface area contributed by atoms with Crippen LogP contribution in [0, 0.1) is 5.92 Å². The Morgan fingerprint density at radius 2 is 2.00 bits per heavy atom. The van der Waals surface area contributed by atoms with Crippen LogP contribution in [0.15, 0.2) is 18.2 Å². The quantitative estimate of drug-likeness (QED) is 0.804. The molecule has 3 rings (SSSR count). The lowest BCUT2D eigenvalue weighted by atomic mass is 9.86. The van der Waals surface area contributed by atoms with Crippen molar-refractivity contribution in [3.63, 3.8) is 0 Å². The summed E-state index contributed by atoms with van der Waals surface area (Å²) in [5.41, 5.74) is 8.41. The van der Waals surface area contributed by atoms with Crippen LogP contribution in [0.25, 0.3) is 0 Å². The molecule has 0 atom stereocenters. The number of fused-ring (bicyclic) bond motifs is 1. The van der Waals surface area contributed by atoms with E-state index >= 15 is 0 Å². The second-order valence-corrected chi connectivity index (χ2v) is 5.73. The standard InChI is InChI=1S/C15H18F2N2O/c16-15(17)7-4-11(5-8-15)14(20)19-9-6-10-2-1-3-12(18)13(10)19/h1-3,11H,4-9,18H2. The molecule has 1 aliphatic heterocycles. The molecule has 1 aromatic carbocycles. The van der Waals surface area contributed by atoms with Crippen molar-refractivity contribution in [1.29, 1.82) is 0 Å². The van der Waals surface area contributed by atoms with Crippen LogP contribution in [0.4, 0.5) is 20.2 Å². The maximum absolute atomic E-state index is 13.2. The molecular formula is C15H18F2N2O. The lowest BCUT2D eigenvalue weighted by Gasteiger charge is -2.30. The number of amides is 1. The Kier molecular flexibility index (Phi) is 3.15. The summed E-state index contributed by atoms with van der Waals surface area (Å²) >= 11 is 0. The van der Waals surface area contributed by atoms with Crippen molar-refractivity contribution < 1.29 is 13.6 Å². The fraction of sp³-hybridized carbons (Fsp3) is 0.533. The highest BCUT2D eigenvalue weighted by Crippen LogP contribution is 2.40. The van der Waals surface area contributed by atoms with E-state index in [0.29, 0.717) is 12.2 Å². The van der Waals surface area contributed by atoms with Crippen LogP contribution in [0.5, 0.6) is 0 Å². The first-order chi connectivity index (χ1) is 9.48. The number of para-hydroxylation sites is 1. The molecule has 2 aliphatic rings. The van der Waals surface area contributed by atoms with Crippen LogP contribution in [-0.4, -0.2) is 18.4 Å². The third-order valence-corrected chi connectivity index (χ3v) is 4.36.